The molecule has 0 heterocycles. The van der Waals surface area contributed by atoms with Crippen LogP contribution in [0.2, 0.25) is 0 Å². The van der Waals surface area contributed by atoms with Crippen LogP contribution in [0.5, 0.6) is 0 Å². The van der Waals surface area contributed by atoms with Gasteiger partial charge in [-0.3, -0.25) is 4.79 Å². The average molecular weight is 250 g/mol. The number of carbonyl (C=O) groups is 1. The minimum atomic E-state index is -0.940. The van der Waals surface area contributed by atoms with Crippen LogP contribution in [0.3, 0.4) is 0 Å². The zero-order valence-electron chi connectivity index (χ0n) is 11.4. The molecule has 0 bridgehead atoms. The summed E-state index contributed by atoms with van der Waals surface area (Å²) in [5.74, 6) is -0.940. The van der Waals surface area contributed by atoms with Crippen molar-refractivity contribution in [3.05, 3.63) is 35.4 Å². The normalized spacial score (nSPS) is 15.2. The van der Waals surface area contributed by atoms with Crippen molar-refractivity contribution in [2.24, 2.45) is 5.73 Å². The van der Waals surface area contributed by atoms with Gasteiger partial charge in [-0.2, -0.15) is 0 Å². The fourth-order valence-corrected chi connectivity index (χ4v) is 1.85. The van der Waals surface area contributed by atoms with E-state index >= 15 is 0 Å². The number of nitrogens with two attached hydrogens (primary N) is 1. The van der Waals surface area contributed by atoms with Crippen molar-refractivity contribution in [1.29, 1.82) is 0 Å². The van der Waals surface area contributed by atoms with Crippen molar-refractivity contribution < 1.29 is 9.90 Å². The Morgan fingerprint density at radius 2 is 1.78 bits per heavy atom. The van der Waals surface area contributed by atoms with Crippen LogP contribution in [0.4, 0.5) is 0 Å². The topological polar surface area (TPSA) is 75.3 Å². The molecule has 4 nitrogen and oxygen atoms in total. The third-order valence-electron chi connectivity index (χ3n) is 3.10. The molecule has 0 saturated heterocycles. The van der Waals surface area contributed by atoms with Gasteiger partial charge < -0.3 is 16.2 Å². The van der Waals surface area contributed by atoms with Crippen LogP contribution < -0.4 is 11.1 Å². The number of rotatable bonds is 4. The molecule has 0 amide bonds. The Morgan fingerprint density at radius 3 is 2.11 bits per heavy atom. The molecule has 0 saturated carbocycles. The van der Waals surface area contributed by atoms with Gasteiger partial charge in [-0.25, -0.2) is 0 Å². The van der Waals surface area contributed by atoms with E-state index in [0.717, 1.165) is 5.56 Å². The first-order valence-corrected chi connectivity index (χ1v) is 6.03. The minimum absolute atomic E-state index is 0.0812. The van der Waals surface area contributed by atoms with Gasteiger partial charge in [0.05, 0.1) is 6.04 Å². The Morgan fingerprint density at radius 1 is 1.28 bits per heavy atom. The van der Waals surface area contributed by atoms with Gasteiger partial charge in [-0.1, -0.05) is 45.0 Å². The zero-order chi connectivity index (χ0) is 13.9. The van der Waals surface area contributed by atoms with Gasteiger partial charge in [0.2, 0.25) is 0 Å². The maximum Gasteiger partial charge on any atom is 0.322 e. The van der Waals surface area contributed by atoms with Crippen LogP contribution in [0, 0.1) is 0 Å². The van der Waals surface area contributed by atoms with Crippen LogP contribution >= 0.6 is 0 Å². The molecule has 0 radical (unpaired) electrons. The van der Waals surface area contributed by atoms with Crippen LogP contribution in [0.25, 0.3) is 0 Å². The molecule has 2 atom stereocenters. The molecule has 2 unspecified atom stereocenters. The summed E-state index contributed by atoms with van der Waals surface area (Å²) in [6.45, 7) is 6.40. The smallest absolute Gasteiger partial charge is 0.322 e. The standard InChI is InChI=1S/C14H22N2O2/c1-14(2,3)10-7-5-9(6-8-10)11(15)12(16-4)13(17)18/h5-8,11-12,16H,15H2,1-4H3,(H,17,18). The number of hydrogen-bond donors (Lipinski definition) is 3. The molecule has 0 aliphatic heterocycles. The third-order valence-corrected chi connectivity index (χ3v) is 3.10. The van der Waals surface area contributed by atoms with Gasteiger partial charge in [0.1, 0.15) is 6.04 Å². The van der Waals surface area contributed by atoms with E-state index in [1.165, 1.54) is 5.56 Å². The molecule has 1 aromatic carbocycles. The first-order chi connectivity index (χ1) is 8.27. The van der Waals surface area contributed by atoms with Crippen molar-refractivity contribution in [1.82, 2.24) is 5.32 Å². The van der Waals surface area contributed by atoms with E-state index in [1.807, 2.05) is 24.3 Å². The van der Waals surface area contributed by atoms with Crippen molar-refractivity contribution in [2.75, 3.05) is 7.05 Å². The van der Waals surface area contributed by atoms with Gasteiger partial charge in [-0.15, -0.1) is 0 Å². The summed E-state index contributed by atoms with van der Waals surface area (Å²) >= 11 is 0. The van der Waals surface area contributed by atoms with E-state index in [0.29, 0.717) is 0 Å². The van der Waals surface area contributed by atoms with Crippen LogP contribution in [-0.2, 0) is 10.2 Å². The Labute approximate surface area is 108 Å². The van der Waals surface area contributed by atoms with E-state index in [1.54, 1.807) is 7.05 Å². The van der Waals surface area contributed by atoms with Gasteiger partial charge in [0, 0.05) is 0 Å². The van der Waals surface area contributed by atoms with E-state index in [9.17, 15) is 4.79 Å². The first-order valence-electron chi connectivity index (χ1n) is 6.03. The Kier molecular flexibility index (Phi) is 4.48. The SMILES string of the molecule is CNC(C(=O)O)C(N)c1ccc(C(C)(C)C)cc1. The summed E-state index contributed by atoms with van der Waals surface area (Å²) in [7, 11) is 1.60. The molecule has 100 valence electrons. The highest BCUT2D eigenvalue weighted by Crippen LogP contribution is 2.24. The highest BCUT2D eigenvalue weighted by molar-refractivity contribution is 5.74. The molecule has 4 heteroatoms. The molecule has 0 aliphatic rings. The lowest BCUT2D eigenvalue weighted by Gasteiger charge is -2.22. The number of likely N-dealkylation sites (N-methyl/N-ethyl adjacent to an activating group) is 1. The summed E-state index contributed by atoms with van der Waals surface area (Å²) in [6.07, 6.45) is 0. The monoisotopic (exact) mass is 250 g/mol. The molecule has 4 N–H and O–H groups in total. The highest BCUT2D eigenvalue weighted by atomic mass is 16.4. The maximum atomic E-state index is 11.0. The lowest BCUT2D eigenvalue weighted by molar-refractivity contribution is -0.139. The fraction of sp³-hybridized carbons (Fsp3) is 0.500. The second kappa shape index (κ2) is 5.50. The van der Waals surface area contributed by atoms with E-state index < -0.39 is 18.1 Å². The largest absolute Gasteiger partial charge is 0.480 e. The summed E-state index contributed by atoms with van der Waals surface area (Å²) in [5.41, 5.74) is 8.08. The Balaban J connectivity index is 2.94. The van der Waals surface area contributed by atoms with Crippen LogP contribution in [0.15, 0.2) is 24.3 Å². The van der Waals surface area contributed by atoms with Crippen LogP contribution in [0.1, 0.15) is 37.9 Å². The molecule has 0 spiro atoms. The molecule has 18 heavy (non-hydrogen) atoms. The number of benzene rings is 1. The second-order valence-electron chi connectivity index (χ2n) is 5.50. The second-order valence-corrected chi connectivity index (χ2v) is 5.50. The molecule has 1 aromatic rings. The molecule has 1 rings (SSSR count). The first kappa shape index (κ1) is 14.7. The average Bonchev–Trinajstić information content (AvgIpc) is 2.28. The van der Waals surface area contributed by atoms with E-state index in [-0.39, 0.29) is 5.41 Å². The minimum Gasteiger partial charge on any atom is -0.480 e. The molecular weight excluding hydrogens is 228 g/mol. The summed E-state index contributed by atoms with van der Waals surface area (Å²) in [6, 6.07) is 6.48. The van der Waals surface area contributed by atoms with Gasteiger partial charge >= 0.3 is 5.97 Å². The Bertz CT molecular complexity index is 407. The summed E-state index contributed by atoms with van der Waals surface area (Å²) in [4.78, 5) is 11.0. The van der Waals surface area contributed by atoms with Gasteiger partial charge in [0.25, 0.3) is 0 Å². The molecule has 0 aliphatic carbocycles. The lowest BCUT2D eigenvalue weighted by atomic mass is 9.86. The third kappa shape index (κ3) is 3.31. The number of aliphatic carboxylic acids is 1. The van der Waals surface area contributed by atoms with Crippen molar-refractivity contribution in [3.8, 4) is 0 Å². The van der Waals surface area contributed by atoms with E-state index in [4.69, 9.17) is 10.8 Å². The van der Waals surface area contributed by atoms with E-state index in [2.05, 4.69) is 26.1 Å². The number of nitrogens with one attached hydrogen (secondary N) is 1. The van der Waals surface area contributed by atoms with Crippen molar-refractivity contribution in [3.63, 3.8) is 0 Å². The fourth-order valence-electron chi connectivity index (χ4n) is 1.85. The maximum absolute atomic E-state index is 11.0. The molecule has 0 fully saturated rings. The van der Waals surface area contributed by atoms with Crippen molar-refractivity contribution in [2.45, 2.75) is 38.3 Å². The molecule has 0 aromatic heterocycles. The Hall–Kier alpha value is -1.39. The number of carboxylic acids is 1. The van der Waals surface area contributed by atoms with Gasteiger partial charge in [-0.05, 0) is 23.6 Å². The predicted molar refractivity (Wildman–Crippen MR) is 72.6 cm³/mol. The van der Waals surface area contributed by atoms with Crippen molar-refractivity contribution >= 4 is 5.97 Å². The summed E-state index contributed by atoms with van der Waals surface area (Å²) < 4.78 is 0. The molecular formula is C14H22N2O2. The van der Waals surface area contributed by atoms with Crippen LogP contribution in [-0.4, -0.2) is 24.2 Å². The quantitative estimate of drug-likeness (QED) is 0.759. The highest BCUT2D eigenvalue weighted by Gasteiger charge is 2.25. The summed E-state index contributed by atoms with van der Waals surface area (Å²) in [5, 5.41) is 11.8. The lowest BCUT2D eigenvalue weighted by Crippen LogP contribution is -2.43. The number of hydrogen-bond acceptors (Lipinski definition) is 3. The zero-order valence-corrected chi connectivity index (χ0v) is 11.4. The number of carboxylic acid groups (broad SMARTS) is 1. The predicted octanol–water partition coefficient (Wildman–Crippen LogP) is 1.66. The van der Waals surface area contributed by atoms with Gasteiger partial charge in [0.15, 0.2) is 0 Å².